The van der Waals surface area contributed by atoms with E-state index in [-0.39, 0.29) is 23.9 Å². The molecule has 1 aromatic heterocycles. The summed E-state index contributed by atoms with van der Waals surface area (Å²) in [7, 11) is -2.65. The van der Waals surface area contributed by atoms with Gasteiger partial charge in [-0.2, -0.15) is 4.31 Å². The number of sulfonamides is 1. The van der Waals surface area contributed by atoms with Crippen molar-refractivity contribution in [3.8, 4) is 0 Å². The lowest BCUT2D eigenvalue weighted by Crippen LogP contribution is -2.50. The minimum atomic E-state index is -3.90. The molecule has 4 rings (SSSR count). The van der Waals surface area contributed by atoms with Crippen LogP contribution in [0.15, 0.2) is 107 Å². The van der Waals surface area contributed by atoms with E-state index in [4.69, 9.17) is 4.74 Å². The molecule has 0 aliphatic heterocycles. The van der Waals surface area contributed by atoms with Gasteiger partial charge in [-0.25, -0.2) is 13.2 Å². The summed E-state index contributed by atoms with van der Waals surface area (Å²) in [5, 5.41) is 18.0. The van der Waals surface area contributed by atoms with Gasteiger partial charge in [0.1, 0.15) is 6.04 Å². The highest BCUT2D eigenvalue weighted by Gasteiger charge is 2.34. The molecule has 244 valence electrons. The number of nitrogens with zero attached hydrogens (tertiary/aromatic N) is 1. The molecule has 0 bridgehead atoms. The summed E-state index contributed by atoms with van der Waals surface area (Å²) in [6.07, 6.45) is -0.114. The van der Waals surface area contributed by atoms with Crippen molar-refractivity contribution in [2.45, 2.75) is 49.7 Å². The summed E-state index contributed by atoms with van der Waals surface area (Å²) in [6, 6.07) is 27.2. The molecule has 0 fully saturated rings. The number of methoxy groups -OCH3 is 1. The van der Waals surface area contributed by atoms with E-state index in [9.17, 15) is 23.1 Å². The smallest absolute Gasteiger partial charge is 0.407 e. The second-order valence-corrected chi connectivity index (χ2v) is 14.1. The molecule has 3 aromatic carbocycles. The lowest BCUT2D eigenvalue weighted by Gasteiger charge is -2.30. The first-order valence-electron chi connectivity index (χ1n) is 15.1. The van der Waals surface area contributed by atoms with Gasteiger partial charge in [-0.05, 0) is 52.6 Å². The van der Waals surface area contributed by atoms with Gasteiger partial charge in [0, 0.05) is 23.9 Å². The Hall–Kier alpha value is -4.03. The number of hydrogen-bond donors (Lipinski definition) is 3. The SMILES string of the molecule is COC(=O)N[C@H](C(=O)NCc1csc(C(CO)N(CCC(C)C)S(=O)(=O)c2ccccc2)c1)C(c1ccccc1)c1ccccc1. The summed E-state index contributed by atoms with van der Waals surface area (Å²) in [6.45, 7) is 4.01. The van der Waals surface area contributed by atoms with E-state index in [0.29, 0.717) is 11.3 Å². The molecule has 9 nitrogen and oxygen atoms in total. The van der Waals surface area contributed by atoms with E-state index in [0.717, 1.165) is 16.7 Å². The fourth-order valence-corrected chi connectivity index (χ4v) is 7.94. The van der Waals surface area contributed by atoms with Crippen LogP contribution >= 0.6 is 11.3 Å². The predicted octanol–water partition coefficient (Wildman–Crippen LogP) is 5.69. The van der Waals surface area contributed by atoms with Crippen molar-refractivity contribution < 1.29 is 27.9 Å². The van der Waals surface area contributed by atoms with E-state index in [2.05, 4.69) is 10.6 Å². The molecule has 2 amide bonds. The van der Waals surface area contributed by atoms with Crippen LogP contribution in [-0.2, 0) is 26.1 Å². The zero-order valence-electron chi connectivity index (χ0n) is 26.2. The van der Waals surface area contributed by atoms with Crippen molar-refractivity contribution in [3.05, 3.63) is 124 Å². The fraction of sp³-hybridized carbons (Fsp3) is 0.314. The van der Waals surface area contributed by atoms with Crippen LogP contribution < -0.4 is 10.6 Å². The standard InChI is InChI=1S/C35H41N3O6S2/c1-25(2)19-20-38(46(42,43)29-17-11-6-12-18-29)30(23-39)31-21-26(24-45-31)22-36-34(40)33(37-35(41)44-3)32(27-13-7-4-8-14-27)28-15-9-5-10-16-28/h4-18,21,24-25,30,32-33,39H,19-20,22-23H2,1-3H3,(H,36,40)(H,37,41)/t30?,33-/m0/s1. The number of hydrogen-bond acceptors (Lipinski definition) is 7. The molecule has 1 heterocycles. The van der Waals surface area contributed by atoms with Crippen LogP contribution in [0.4, 0.5) is 4.79 Å². The normalized spacial score (nSPS) is 13.0. The van der Waals surface area contributed by atoms with E-state index >= 15 is 0 Å². The van der Waals surface area contributed by atoms with Crippen molar-refractivity contribution in [1.82, 2.24) is 14.9 Å². The van der Waals surface area contributed by atoms with Crippen LogP contribution in [-0.4, -0.2) is 56.1 Å². The Bertz CT molecular complexity index is 1610. The Balaban J connectivity index is 1.58. The predicted molar refractivity (Wildman–Crippen MR) is 180 cm³/mol. The highest BCUT2D eigenvalue weighted by Crippen LogP contribution is 2.33. The van der Waals surface area contributed by atoms with Crippen LogP contribution in [0.5, 0.6) is 0 Å². The molecule has 0 aliphatic rings. The van der Waals surface area contributed by atoms with Crippen molar-refractivity contribution in [2.24, 2.45) is 5.92 Å². The van der Waals surface area contributed by atoms with Gasteiger partial charge in [-0.3, -0.25) is 4.79 Å². The molecular formula is C35H41N3O6S2. The number of carbonyl (C=O) groups is 2. The number of thiophene rings is 1. The molecule has 0 spiro atoms. The number of ether oxygens (including phenoxy) is 1. The Labute approximate surface area is 275 Å². The highest BCUT2D eigenvalue weighted by atomic mass is 32.2. The summed E-state index contributed by atoms with van der Waals surface area (Å²) in [5.74, 6) is -0.667. The Morgan fingerprint density at radius 3 is 2.00 bits per heavy atom. The number of amides is 2. The van der Waals surface area contributed by atoms with Gasteiger partial charge in [0.05, 0.1) is 24.7 Å². The number of alkyl carbamates (subject to hydrolysis) is 1. The van der Waals surface area contributed by atoms with Gasteiger partial charge in [-0.1, -0.05) is 92.7 Å². The van der Waals surface area contributed by atoms with Crippen LogP contribution in [0, 0.1) is 5.92 Å². The average molecular weight is 664 g/mol. The number of aliphatic hydroxyl groups is 1. The van der Waals surface area contributed by atoms with E-state index < -0.39 is 46.6 Å². The van der Waals surface area contributed by atoms with E-state index in [1.807, 2.05) is 86.0 Å². The maximum Gasteiger partial charge on any atom is 0.407 e. The molecule has 11 heteroatoms. The monoisotopic (exact) mass is 663 g/mol. The number of carbonyl (C=O) groups excluding carboxylic acids is 2. The maximum atomic E-state index is 13.8. The van der Waals surface area contributed by atoms with E-state index in [1.165, 1.54) is 22.8 Å². The summed E-state index contributed by atoms with van der Waals surface area (Å²) < 4.78 is 33.7. The van der Waals surface area contributed by atoms with Gasteiger partial charge in [0.15, 0.2) is 0 Å². The lowest BCUT2D eigenvalue weighted by molar-refractivity contribution is -0.123. The maximum absolute atomic E-state index is 13.8. The first-order chi connectivity index (χ1) is 22.1. The first kappa shape index (κ1) is 34.8. The topological polar surface area (TPSA) is 125 Å². The van der Waals surface area contributed by atoms with Gasteiger partial charge < -0.3 is 20.5 Å². The second-order valence-electron chi connectivity index (χ2n) is 11.3. The van der Waals surface area contributed by atoms with Gasteiger partial charge in [0.25, 0.3) is 0 Å². The zero-order valence-corrected chi connectivity index (χ0v) is 27.8. The molecule has 0 aliphatic carbocycles. The Kier molecular flexibility index (Phi) is 12.5. The third kappa shape index (κ3) is 8.82. The summed E-state index contributed by atoms with van der Waals surface area (Å²) in [5.41, 5.74) is 2.42. The molecule has 4 aromatic rings. The summed E-state index contributed by atoms with van der Waals surface area (Å²) in [4.78, 5) is 27.0. The number of benzene rings is 3. The number of nitrogens with one attached hydrogen (secondary N) is 2. The Morgan fingerprint density at radius 2 is 1.48 bits per heavy atom. The third-order valence-electron chi connectivity index (χ3n) is 7.66. The zero-order chi connectivity index (χ0) is 33.1. The first-order valence-corrected chi connectivity index (χ1v) is 17.4. The molecule has 46 heavy (non-hydrogen) atoms. The average Bonchev–Trinajstić information content (AvgIpc) is 3.55. The molecular weight excluding hydrogens is 623 g/mol. The van der Waals surface area contributed by atoms with Crippen LogP contribution in [0.3, 0.4) is 0 Å². The van der Waals surface area contributed by atoms with Crippen LogP contribution in [0.25, 0.3) is 0 Å². The molecule has 1 unspecified atom stereocenters. The van der Waals surface area contributed by atoms with Crippen LogP contribution in [0.1, 0.15) is 53.8 Å². The van der Waals surface area contributed by atoms with Crippen molar-refractivity contribution in [2.75, 3.05) is 20.3 Å². The molecule has 0 radical (unpaired) electrons. The highest BCUT2D eigenvalue weighted by molar-refractivity contribution is 7.89. The second kappa shape index (κ2) is 16.5. The molecule has 0 saturated carbocycles. The Morgan fingerprint density at radius 1 is 0.913 bits per heavy atom. The lowest BCUT2D eigenvalue weighted by atomic mass is 9.84. The van der Waals surface area contributed by atoms with Crippen molar-refractivity contribution in [1.29, 1.82) is 0 Å². The quantitative estimate of drug-likeness (QED) is 0.150. The number of aliphatic hydroxyl groups excluding tert-OH is 1. The van der Waals surface area contributed by atoms with E-state index in [1.54, 1.807) is 30.3 Å². The minimum Gasteiger partial charge on any atom is -0.453 e. The molecule has 0 saturated heterocycles. The molecule has 2 atom stereocenters. The van der Waals surface area contributed by atoms with Crippen LogP contribution in [0.2, 0.25) is 0 Å². The minimum absolute atomic E-state index is 0.126. The number of rotatable bonds is 15. The van der Waals surface area contributed by atoms with Gasteiger partial charge in [-0.15, -0.1) is 11.3 Å². The largest absolute Gasteiger partial charge is 0.453 e. The molecule has 3 N–H and O–H groups in total. The third-order valence-corrected chi connectivity index (χ3v) is 10.7. The summed E-state index contributed by atoms with van der Waals surface area (Å²) >= 11 is 1.32. The van der Waals surface area contributed by atoms with Crippen molar-refractivity contribution >= 4 is 33.4 Å². The van der Waals surface area contributed by atoms with Gasteiger partial charge in [0.2, 0.25) is 15.9 Å². The fourth-order valence-electron chi connectivity index (χ4n) is 5.23. The van der Waals surface area contributed by atoms with Gasteiger partial charge >= 0.3 is 6.09 Å². The van der Waals surface area contributed by atoms with Crippen molar-refractivity contribution in [3.63, 3.8) is 0 Å².